The summed E-state index contributed by atoms with van der Waals surface area (Å²) >= 11 is 0. The van der Waals surface area contributed by atoms with Crippen molar-refractivity contribution in [3.8, 4) is 17.2 Å². The molecule has 2 atom stereocenters. The van der Waals surface area contributed by atoms with E-state index in [1.165, 1.54) is 12.1 Å². The molecule has 2 aromatic rings. The van der Waals surface area contributed by atoms with Crippen LogP contribution in [-0.4, -0.2) is 45.1 Å². The Morgan fingerprint density at radius 2 is 1.68 bits per heavy atom. The highest BCUT2D eigenvalue weighted by atomic mass is 32.2. The number of rotatable bonds is 9. The van der Waals surface area contributed by atoms with E-state index >= 15 is 0 Å². The molecule has 8 nitrogen and oxygen atoms in total. The summed E-state index contributed by atoms with van der Waals surface area (Å²) in [5.74, 6) is 1.12. The maximum atomic E-state index is 11.4. The van der Waals surface area contributed by atoms with Gasteiger partial charge in [-0.15, -0.1) is 0 Å². The van der Waals surface area contributed by atoms with Gasteiger partial charge in [-0.05, 0) is 42.3 Å². The van der Waals surface area contributed by atoms with Gasteiger partial charge < -0.3 is 25.0 Å². The first-order chi connectivity index (χ1) is 13.1. The zero-order valence-corrected chi connectivity index (χ0v) is 17.1. The minimum atomic E-state index is -3.55. The summed E-state index contributed by atoms with van der Waals surface area (Å²) in [5, 5.41) is 23.7. The smallest absolute Gasteiger partial charge is 0.229 e. The number of ether oxygens (including phenoxy) is 2. The quantitative estimate of drug-likeness (QED) is 0.467. The number of phenols is 1. The van der Waals surface area contributed by atoms with Crippen LogP contribution in [0, 0.1) is 0 Å². The molecule has 0 aromatic heterocycles. The van der Waals surface area contributed by atoms with Gasteiger partial charge in [-0.3, -0.25) is 4.72 Å². The first-order valence-electron chi connectivity index (χ1n) is 8.57. The van der Waals surface area contributed by atoms with Gasteiger partial charge in [-0.2, -0.15) is 0 Å². The Balaban J connectivity index is 2.10. The number of phenolic OH excluding ortho intramolecular Hbond substituents is 1. The van der Waals surface area contributed by atoms with Crippen molar-refractivity contribution in [2.24, 2.45) is 0 Å². The number of hydrogen-bond donors (Lipinski definition) is 4. The lowest BCUT2D eigenvalue weighted by atomic mass is 10.0. The summed E-state index contributed by atoms with van der Waals surface area (Å²) in [6.07, 6.45) is 0.0653. The number of hydrogen-bond acceptors (Lipinski definition) is 7. The van der Waals surface area contributed by atoms with Gasteiger partial charge in [0.2, 0.25) is 10.0 Å². The Kier molecular flexibility index (Phi) is 7.11. The fourth-order valence-corrected chi connectivity index (χ4v) is 3.23. The van der Waals surface area contributed by atoms with Gasteiger partial charge in [-0.25, -0.2) is 8.42 Å². The third-order valence-electron chi connectivity index (χ3n) is 4.17. The Morgan fingerprint density at radius 1 is 1.07 bits per heavy atom. The fraction of sp³-hybridized carbons (Fsp3) is 0.368. The Morgan fingerprint density at radius 3 is 2.21 bits per heavy atom. The van der Waals surface area contributed by atoms with Crippen molar-refractivity contribution in [2.45, 2.75) is 25.6 Å². The molecule has 2 rings (SSSR count). The van der Waals surface area contributed by atoms with Gasteiger partial charge in [-0.1, -0.05) is 6.07 Å². The first kappa shape index (κ1) is 21.8. The Labute approximate surface area is 165 Å². The Hall–Kier alpha value is -2.49. The third-order valence-corrected chi connectivity index (χ3v) is 4.76. The number of nitrogens with one attached hydrogen (secondary N) is 2. The average Bonchev–Trinajstić information content (AvgIpc) is 2.65. The number of aliphatic hydroxyl groups excluding tert-OH is 1. The van der Waals surface area contributed by atoms with Crippen LogP contribution in [0.5, 0.6) is 17.2 Å². The van der Waals surface area contributed by atoms with Gasteiger partial charge in [0.25, 0.3) is 0 Å². The van der Waals surface area contributed by atoms with E-state index in [-0.39, 0.29) is 17.5 Å². The number of methoxy groups -OCH3 is 2. The molecule has 154 valence electrons. The molecule has 0 saturated carbocycles. The minimum absolute atomic E-state index is 0.0174. The molecule has 28 heavy (non-hydrogen) atoms. The summed E-state index contributed by atoms with van der Waals surface area (Å²) in [6.45, 7) is 2.26. The summed E-state index contributed by atoms with van der Waals surface area (Å²) in [5.41, 5.74) is 1.40. The lowest BCUT2D eigenvalue weighted by molar-refractivity contribution is 0.135. The summed E-state index contributed by atoms with van der Waals surface area (Å²) in [4.78, 5) is 0. The van der Waals surface area contributed by atoms with E-state index in [9.17, 15) is 18.6 Å². The van der Waals surface area contributed by atoms with Gasteiger partial charge in [0, 0.05) is 18.7 Å². The van der Waals surface area contributed by atoms with Crippen molar-refractivity contribution in [1.82, 2.24) is 5.32 Å². The van der Waals surface area contributed by atoms with Crippen LogP contribution in [0.25, 0.3) is 0 Å². The van der Waals surface area contributed by atoms with Crippen LogP contribution < -0.4 is 19.5 Å². The van der Waals surface area contributed by atoms with Crippen molar-refractivity contribution in [3.05, 3.63) is 47.5 Å². The molecule has 4 N–H and O–H groups in total. The van der Waals surface area contributed by atoms with Crippen LogP contribution >= 0.6 is 0 Å². The molecule has 0 amide bonds. The molecule has 0 saturated heterocycles. The molecule has 0 aliphatic rings. The van der Waals surface area contributed by atoms with E-state index < -0.39 is 16.1 Å². The second kappa shape index (κ2) is 9.13. The molecule has 0 aliphatic heterocycles. The minimum Gasteiger partial charge on any atom is -0.506 e. The molecular formula is C19H26N2O6S. The van der Waals surface area contributed by atoms with Crippen molar-refractivity contribution in [1.29, 1.82) is 0 Å². The zero-order chi connectivity index (χ0) is 20.9. The highest BCUT2D eigenvalue weighted by Crippen LogP contribution is 2.29. The van der Waals surface area contributed by atoms with Crippen molar-refractivity contribution >= 4 is 15.7 Å². The number of aromatic hydroxyl groups is 1. The summed E-state index contributed by atoms with van der Waals surface area (Å²) in [7, 11) is -0.403. The number of benzene rings is 2. The van der Waals surface area contributed by atoms with Gasteiger partial charge >= 0.3 is 0 Å². The molecule has 0 fully saturated rings. The topological polar surface area (TPSA) is 117 Å². The van der Waals surface area contributed by atoms with Crippen LogP contribution in [0.3, 0.4) is 0 Å². The van der Waals surface area contributed by atoms with E-state index in [1.807, 2.05) is 12.1 Å². The largest absolute Gasteiger partial charge is 0.506 e. The molecule has 0 heterocycles. The van der Waals surface area contributed by atoms with Crippen LogP contribution in [0.2, 0.25) is 0 Å². The molecule has 0 radical (unpaired) electrons. The SMILES string of the molecule is COc1cc(CN[C@@H](C)[C@H](O)c2ccc(O)c(NS(C)(=O)=O)c2)cc(OC)c1. The predicted molar refractivity (Wildman–Crippen MR) is 107 cm³/mol. The zero-order valence-electron chi connectivity index (χ0n) is 16.3. The molecule has 0 unspecified atom stereocenters. The maximum absolute atomic E-state index is 11.4. The van der Waals surface area contributed by atoms with Gasteiger partial charge in [0.05, 0.1) is 32.3 Å². The summed E-state index contributed by atoms with van der Waals surface area (Å²) in [6, 6.07) is 9.44. The average molecular weight is 410 g/mol. The molecule has 9 heteroatoms. The first-order valence-corrected chi connectivity index (χ1v) is 10.5. The molecular weight excluding hydrogens is 384 g/mol. The Bertz CT molecular complexity index is 894. The lowest BCUT2D eigenvalue weighted by Crippen LogP contribution is -2.31. The predicted octanol–water partition coefficient (Wildman–Crippen LogP) is 1.99. The van der Waals surface area contributed by atoms with E-state index in [2.05, 4.69) is 10.0 Å². The fourth-order valence-electron chi connectivity index (χ4n) is 2.67. The highest BCUT2D eigenvalue weighted by Gasteiger charge is 2.18. The van der Waals surface area contributed by atoms with Crippen molar-refractivity contribution in [2.75, 3.05) is 25.2 Å². The lowest BCUT2D eigenvalue weighted by Gasteiger charge is -2.22. The van der Waals surface area contributed by atoms with Crippen LogP contribution in [0.4, 0.5) is 5.69 Å². The number of sulfonamides is 1. The second-order valence-corrected chi connectivity index (χ2v) is 8.23. The molecule has 2 aromatic carbocycles. The van der Waals surface area contributed by atoms with Crippen LogP contribution in [-0.2, 0) is 16.6 Å². The van der Waals surface area contributed by atoms with E-state index in [0.717, 1.165) is 11.8 Å². The van der Waals surface area contributed by atoms with Gasteiger partial charge in [0.15, 0.2) is 0 Å². The van der Waals surface area contributed by atoms with E-state index in [4.69, 9.17) is 9.47 Å². The molecule has 0 spiro atoms. The van der Waals surface area contributed by atoms with Crippen LogP contribution in [0.1, 0.15) is 24.2 Å². The highest BCUT2D eigenvalue weighted by molar-refractivity contribution is 7.92. The standard InChI is InChI=1S/C19H26N2O6S/c1-12(20-11-13-7-15(26-2)10-16(8-13)27-3)19(23)14-5-6-18(22)17(9-14)21-28(4,24)25/h5-10,12,19-23H,11H2,1-4H3/t12-,19-/m0/s1. The monoisotopic (exact) mass is 410 g/mol. The third kappa shape index (κ3) is 6.01. The van der Waals surface area contributed by atoms with Crippen molar-refractivity contribution < 1.29 is 28.1 Å². The molecule has 0 aliphatic carbocycles. The number of aliphatic hydroxyl groups is 1. The van der Waals surface area contributed by atoms with E-state index in [0.29, 0.717) is 23.6 Å². The van der Waals surface area contributed by atoms with Crippen molar-refractivity contribution in [3.63, 3.8) is 0 Å². The maximum Gasteiger partial charge on any atom is 0.229 e. The number of anilines is 1. The van der Waals surface area contributed by atoms with E-state index in [1.54, 1.807) is 33.3 Å². The van der Waals surface area contributed by atoms with Crippen LogP contribution in [0.15, 0.2) is 36.4 Å². The normalized spacial score (nSPS) is 13.6. The molecule has 0 bridgehead atoms. The summed E-state index contributed by atoms with van der Waals surface area (Å²) < 4.78 is 35.6. The van der Waals surface area contributed by atoms with Gasteiger partial charge in [0.1, 0.15) is 17.2 Å². The second-order valence-electron chi connectivity index (χ2n) is 6.49.